The molecular weight excluding hydrogens is 240 g/mol. The van der Waals surface area contributed by atoms with Gasteiger partial charge in [0.2, 0.25) is 0 Å². The van der Waals surface area contributed by atoms with Crippen molar-refractivity contribution in [3.8, 4) is 6.07 Å². The Morgan fingerprint density at radius 3 is 2.88 bits per heavy atom. The van der Waals surface area contributed by atoms with Crippen molar-refractivity contribution in [2.45, 2.75) is 24.1 Å². The number of thioether (sulfide) groups is 1. The Morgan fingerprint density at radius 2 is 2.31 bits per heavy atom. The molecule has 0 radical (unpaired) electrons. The molecule has 0 amide bonds. The summed E-state index contributed by atoms with van der Waals surface area (Å²) >= 11 is 7.92. The summed E-state index contributed by atoms with van der Waals surface area (Å²) in [7, 11) is 0. The highest BCUT2D eigenvalue weighted by molar-refractivity contribution is 8.00. The van der Waals surface area contributed by atoms with Crippen LogP contribution in [-0.4, -0.2) is 16.5 Å². The van der Waals surface area contributed by atoms with Gasteiger partial charge in [-0.2, -0.15) is 17.0 Å². The molecule has 1 aromatic carbocycles. The Balaban J connectivity index is 2.27. The van der Waals surface area contributed by atoms with Crippen LogP contribution in [0.2, 0.25) is 5.02 Å². The fourth-order valence-corrected chi connectivity index (χ4v) is 3.37. The summed E-state index contributed by atoms with van der Waals surface area (Å²) in [5.41, 5.74) is 0.371. The van der Waals surface area contributed by atoms with Gasteiger partial charge < -0.3 is 5.32 Å². The number of hydrogen-bond donors (Lipinski definition) is 1. The predicted molar refractivity (Wildman–Crippen MR) is 70.0 cm³/mol. The van der Waals surface area contributed by atoms with Crippen LogP contribution >= 0.6 is 23.4 Å². The molecule has 1 aliphatic heterocycles. The highest BCUT2D eigenvalue weighted by Crippen LogP contribution is 2.39. The third-order valence-corrected chi connectivity index (χ3v) is 4.66. The first-order valence-corrected chi connectivity index (χ1v) is 6.66. The van der Waals surface area contributed by atoms with E-state index < -0.39 is 5.54 Å². The second-order valence-corrected chi connectivity index (χ2v) is 5.81. The number of para-hydroxylation sites is 1. The monoisotopic (exact) mass is 252 g/mol. The lowest BCUT2D eigenvalue weighted by Crippen LogP contribution is -2.41. The van der Waals surface area contributed by atoms with Gasteiger partial charge >= 0.3 is 0 Å². The molecule has 2 unspecified atom stereocenters. The van der Waals surface area contributed by atoms with Gasteiger partial charge in [0.25, 0.3) is 0 Å². The van der Waals surface area contributed by atoms with Gasteiger partial charge in [-0.1, -0.05) is 23.7 Å². The summed E-state index contributed by atoms with van der Waals surface area (Å²) < 4.78 is 0. The first-order chi connectivity index (χ1) is 7.68. The van der Waals surface area contributed by atoms with Gasteiger partial charge in [-0.3, -0.25) is 0 Å². The van der Waals surface area contributed by atoms with Crippen LogP contribution in [0.3, 0.4) is 0 Å². The second-order valence-electron chi connectivity index (χ2n) is 3.95. The van der Waals surface area contributed by atoms with Crippen molar-refractivity contribution >= 4 is 29.1 Å². The molecule has 16 heavy (non-hydrogen) atoms. The first-order valence-electron chi connectivity index (χ1n) is 5.23. The average Bonchev–Trinajstić information content (AvgIpc) is 2.64. The minimum atomic E-state index is -0.477. The Kier molecular flexibility index (Phi) is 3.32. The summed E-state index contributed by atoms with van der Waals surface area (Å²) in [4.78, 5) is 0. The average molecular weight is 253 g/mol. The summed E-state index contributed by atoms with van der Waals surface area (Å²) in [6, 6.07) is 9.97. The first kappa shape index (κ1) is 11.6. The topological polar surface area (TPSA) is 35.8 Å². The molecule has 1 aromatic rings. The highest BCUT2D eigenvalue weighted by atomic mass is 35.5. The van der Waals surface area contributed by atoms with Crippen LogP contribution in [0.25, 0.3) is 0 Å². The number of hydrogen-bond acceptors (Lipinski definition) is 3. The Bertz CT molecular complexity index is 429. The fourth-order valence-electron chi connectivity index (χ4n) is 1.88. The number of benzene rings is 1. The normalized spacial score (nSPS) is 28.7. The number of halogens is 1. The number of nitrogens with zero attached hydrogens (tertiary/aromatic N) is 1. The zero-order valence-corrected chi connectivity index (χ0v) is 10.6. The maximum absolute atomic E-state index is 9.37. The van der Waals surface area contributed by atoms with Crippen LogP contribution in [0.4, 0.5) is 5.69 Å². The smallest absolute Gasteiger partial charge is 0.137 e. The van der Waals surface area contributed by atoms with Crippen LogP contribution in [0.15, 0.2) is 24.3 Å². The molecule has 4 heteroatoms. The van der Waals surface area contributed by atoms with E-state index in [4.69, 9.17) is 11.6 Å². The molecule has 1 fully saturated rings. The lowest BCUT2D eigenvalue weighted by Gasteiger charge is -2.28. The predicted octanol–water partition coefficient (Wildman–Crippen LogP) is 3.54. The van der Waals surface area contributed by atoms with E-state index in [1.165, 1.54) is 0 Å². The van der Waals surface area contributed by atoms with E-state index in [-0.39, 0.29) is 5.25 Å². The van der Waals surface area contributed by atoms with Crippen LogP contribution < -0.4 is 5.32 Å². The zero-order chi connectivity index (χ0) is 11.6. The van der Waals surface area contributed by atoms with Crippen LogP contribution in [0.5, 0.6) is 0 Å². The molecule has 1 saturated heterocycles. The van der Waals surface area contributed by atoms with Gasteiger partial charge in [-0.15, -0.1) is 0 Å². The molecule has 2 nitrogen and oxygen atoms in total. The van der Waals surface area contributed by atoms with E-state index in [1.807, 2.05) is 36.0 Å². The molecule has 0 aliphatic carbocycles. The van der Waals surface area contributed by atoms with Crippen molar-refractivity contribution in [1.82, 2.24) is 0 Å². The van der Waals surface area contributed by atoms with Crippen molar-refractivity contribution < 1.29 is 0 Å². The summed E-state index contributed by atoms with van der Waals surface area (Å²) in [5, 5.41) is 13.6. The fraction of sp³-hybridized carbons (Fsp3) is 0.417. The van der Waals surface area contributed by atoms with Gasteiger partial charge in [0.1, 0.15) is 5.54 Å². The molecule has 84 valence electrons. The molecular formula is C12H13ClN2S. The van der Waals surface area contributed by atoms with Crippen LogP contribution in [0.1, 0.15) is 13.3 Å². The maximum Gasteiger partial charge on any atom is 0.137 e. The van der Waals surface area contributed by atoms with Crippen molar-refractivity contribution in [2.75, 3.05) is 11.1 Å². The standard InChI is InChI=1S/C12H13ClN2S/c1-9-12(8-14,6-7-16-9)15-11-5-3-2-4-10(11)13/h2-5,9,15H,6-7H2,1H3. The van der Waals surface area contributed by atoms with Crippen molar-refractivity contribution in [2.24, 2.45) is 0 Å². The largest absolute Gasteiger partial charge is 0.365 e. The second kappa shape index (κ2) is 4.57. The van der Waals surface area contributed by atoms with Crippen molar-refractivity contribution in [3.05, 3.63) is 29.3 Å². The number of nitrogens with one attached hydrogen (secondary N) is 1. The third-order valence-electron chi connectivity index (χ3n) is 2.99. The van der Waals surface area contributed by atoms with Crippen molar-refractivity contribution in [3.63, 3.8) is 0 Å². The van der Waals surface area contributed by atoms with Gasteiger partial charge in [0.05, 0.1) is 16.8 Å². The number of rotatable bonds is 2. The van der Waals surface area contributed by atoms with E-state index in [1.54, 1.807) is 0 Å². The third kappa shape index (κ3) is 2.00. The molecule has 0 aromatic heterocycles. The Hall–Kier alpha value is -0.850. The number of nitriles is 1. The van der Waals surface area contributed by atoms with E-state index >= 15 is 0 Å². The van der Waals surface area contributed by atoms with E-state index in [2.05, 4.69) is 18.3 Å². The zero-order valence-electron chi connectivity index (χ0n) is 9.03. The van der Waals surface area contributed by atoms with Gasteiger partial charge in [0.15, 0.2) is 0 Å². The van der Waals surface area contributed by atoms with Crippen molar-refractivity contribution in [1.29, 1.82) is 5.26 Å². The van der Waals surface area contributed by atoms with Gasteiger partial charge in [0, 0.05) is 5.25 Å². The molecule has 0 bridgehead atoms. The van der Waals surface area contributed by atoms with Gasteiger partial charge in [-0.25, -0.2) is 0 Å². The summed E-state index contributed by atoms with van der Waals surface area (Å²) in [6.45, 7) is 2.09. The molecule has 2 atom stereocenters. The Morgan fingerprint density at radius 1 is 1.56 bits per heavy atom. The highest BCUT2D eigenvalue weighted by Gasteiger charge is 2.41. The number of anilines is 1. The molecule has 0 saturated carbocycles. The Labute approximate surface area is 105 Å². The minimum absolute atomic E-state index is 0.286. The van der Waals surface area contributed by atoms with E-state index in [0.29, 0.717) is 5.02 Å². The molecule has 1 heterocycles. The quantitative estimate of drug-likeness (QED) is 0.875. The lowest BCUT2D eigenvalue weighted by molar-refractivity contribution is 0.592. The SMILES string of the molecule is CC1SCCC1(C#N)Nc1ccccc1Cl. The van der Waals surface area contributed by atoms with E-state index in [0.717, 1.165) is 17.9 Å². The molecule has 1 N–H and O–H groups in total. The lowest BCUT2D eigenvalue weighted by atomic mass is 9.94. The van der Waals surface area contributed by atoms with Crippen LogP contribution in [-0.2, 0) is 0 Å². The van der Waals surface area contributed by atoms with Gasteiger partial charge in [-0.05, 0) is 31.2 Å². The van der Waals surface area contributed by atoms with E-state index in [9.17, 15) is 5.26 Å². The minimum Gasteiger partial charge on any atom is -0.365 e. The van der Waals surface area contributed by atoms with Crippen LogP contribution in [0, 0.1) is 11.3 Å². The summed E-state index contributed by atoms with van der Waals surface area (Å²) in [6.07, 6.45) is 0.862. The molecule has 0 spiro atoms. The summed E-state index contributed by atoms with van der Waals surface area (Å²) in [5.74, 6) is 1.02. The molecule has 1 aliphatic rings. The maximum atomic E-state index is 9.37. The molecule has 2 rings (SSSR count).